The predicted molar refractivity (Wildman–Crippen MR) is 83.8 cm³/mol. The molecule has 1 aromatic carbocycles. The Morgan fingerprint density at radius 1 is 1.25 bits per heavy atom. The summed E-state index contributed by atoms with van der Waals surface area (Å²) in [5.74, 6) is -3.10. The molecule has 1 saturated heterocycles. The first kappa shape index (κ1) is 16.4. The van der Waals surface area contributed by atoms with Gasteiger partial charge in [0.05, 0.1) is 0 Å². The topological polar surface area (TPSA) is 77.9 Å². The van der Waals surface area contributed by atoms with Gasteiger partial charge in [0.15, 0.2) is 0 Å². The number of anilines is 1. The Kier molecular flexibility index (Phi) is 4.26. The molecule has 1 aromatic rings. The Hall–Kier alpha value is -2.44. The maximum absolute atomic E-state index is 13.0. The van der Waals surface area contributed by atoms with Crippen molar-refractivity contribution in [3.05, 3.63) is 30.1 Å². The standard InChI is InChI=1S/C17H19FN2O4/c1-10(17(23)24)20(13-6-7-13)16(22)14-8-9-19(15(14)21)12-4-2-11(18)3-5-12/h2-5,10,13-14H,6-9H2,1H3,(H,23,24). The molecule has 2 amide bonds. The van der Waals surface area contributed by atoms with Crippen LogP contribution in [0, 0.1) is 11.7 Å². The molecule has 2 unspecified atom stereocenters. The number of hydrogen-bond acceptors (Lipinski definition) is 3. The smallest absolute Gasteiger partial charge is 0.326 e. The van der Waals surface area contributed by atoms with E-state index < -0.39 is 29.7 Å². The minimum Gasteiger partial charge on any atom is -0.480 e. The molecule has 1 aliphatic carbocycles. The van der Waals surface area contributed by atoms with Crippen LogP contribution in [-0.4, -0.2) is 46.4 Å². The zero-order valence-corrected chi connectivity index (χ0v) is 13.3. The second kappa shape index (κ2) is 6.22. The van der Waals surface area contributed by atoms with E-state index >= 15 is 0 Å². The number of rotatable bonds is 5. The Morgan fingerprint density at radius 2 is 1.88 bits per heavy atom. The largest absolute Gasteiger partial charge is 0.480 e. The monoisotopic (exact) mass is 334 g/mol. The highest BCUT2D eigenvalue weighted by molar-refractivity contribution is 6.10. The zero-order valence-electron chi connectivity index (χ0n) is 13.3. The summed E-state index contributed by atoms with van der Waals surface area (Å²) in [5, 5.41) is 9.22. The minimum absolute atomic E-state index is 0.0868. The Balaban J connectivity index is 1.77. The molecule has 3 rings (SSSR count). The van der Waals surface area contributed by atoms with E-state index in [1.54, 1.807) is 0 Å². The first-order valence-corrected chi connectivity index (χ1v) is 8.02. The summed E-state index contributed by atoms with van der Waals surface area (Å²) >= 11 is 0. The highest BCUT2D eigenvalue weighted by atomic mass is 19.1. The van der Waals surface area contributed by atoms with Crippen LogP contribution in [0.4, 0.5) is 10.1 Å². The summed E-state index contributed by atoms with van der Waals surface area (Å²) < 4.78 is 13.0. The number of hydrogen-bond donors (Lipinski definition) is 1. The van der Waals surface area contributed by atoms with Crippen molar-refractivity contribution in [3.8, 4) is 0 Å². The van der Waals surface area contributed by atoms with Gasteiger partial charge in [0, 0.05) is 18.3 Å². The van der Waals surface area contributed by atoms with Crippen molar-refractivity contribution in [2.24, 2.45) is 5.92 Å². The molecule has 1 N–H and O–H groups in total. The second-order valence-corrected chi connectivity index (χ2v) is 6.30. The van der Waals surface area contributed by atoms with Gasteiger partial charge < -0.3 is 14.9 Å². The normalized spacial score (nSPS) is 21.7. The van der Waals surface area contributed by atoms with Crippen LogP contribution < -0.4 is 4.90 Å². The molecule has 7 heteroatoms. The van der Waals surface area contributed by atoms with E-state index in [4.69, 9.17) is 0 Å². The predicted octanol–water partition coefficient (Wildman–Crippen LogP) is 1.64. The molecule has 2 atom stereocenters. The molecule has 0 aromatic heterocycles. The maximum atomic E-state index is 13.0. The van der Waals surface area contributed by atoms with Crippen molar-refractivity contribution in [2.45, 2.75) is 38.3 Å². The number of aliphatic carboxylic acids is 1. The maximum Gasteiger partial charge on any atom is 0.326 e. The fraction of sp³-hybridized carbons (Fsp3) is 0.471. The Bertz CT molecular complexity index is 672. The molecule has 24 heavy (non-hydrogen) atoms. The third kappa shape index (κ3) is 2.98. The van der Waals surface area contributed by atoms with Crippen LogP contribution in [-0.2, 0) is 14.4 Å². The number of carbonyl (C=O) groups is 3. The fourth-order valence-corrected chi connectivity index (χ4v) is 3.13. The van der Waals surface area contributed by atoms with E-state index in [0.717, 1.165) is 12.8 Å². The molecular weight excluding hydrogens is 315 g/mol. The molecule has 2 fully saturated rings. The van der Waals surface area contributed by atoms with Gasteiger partial charge >= 0.3 is 5.97 Å². The van der Waals surface area contributed by atoms with Crippen molar-refractivity contribution in [1.29, 1.82) is 0 Å². The molecule has 2 aliphatic rings. The van der Waals surface area contributed by atoms with E-state index in [9.17, 15) is 23.9 Å². The van der Waals surface area contributed by atoms with Crippen LogP contribution in [0.3, 0.4) is 0 Å². The molecular formula is C17H19FN2O4. The fourth-order valence-electron chi connectivity index (χ4n) is 3.13. The average Bonchev–Trinajstić information content (AvgIpc) is 3.30. The summed E-state index contributed by atoms with van der Waals surface area (Å²) in [6, 6.07) is 4.49. The van der Waals surface area contributed by atoms with Crippen molar-refractivity contribution in [1.82, 2.24) is 4.90 Å². The lowest BCUT2D eigenvalue weighted by atomic mass is 10.1. The summed E-state index contributed by atoms with van der Waals surface area (Å²) in [6.07, 6.45) is 1.88. The summed E-state index contributed by atoms with van der Waals surface area (Å²) in [6.45, 7) is 1.83. The Labute approximate surface area is 138 Å². The number of carbonyl (C=O) groups excluding carboxylic acids is 2. The summed E-state index contributed by atoms with van der Waals surface area (Å²) in [7, 11) is 0. The molecule has 0 spiro atoms. The van der Waals surface area contributed by atoms with Gasteiger partial charge in [0.2, 0.25) is 11.8 Å². The molecule has 128 valence electrons. The molecule has 1 aliphatic heterocycles. The van der Waals surface area contributed by atoms with Crippen LogP contribution >= 0.6 is 0 Å². The summed E-state index contributed by atoms with van der Waals surface area (Å²) in [4.78, 5) is 39.4. The number of amides is 2. The molecule has 0 bridgehead atoms. The van der Waals surface area contributed by atoms with E-state index in [2.05, 4.69) is 0 Å². The Morgan fingerprint density at radius 3 is 2.42 bits per heavy atom. The molecule has 1 saturated carbocycles. The van der Waals surface area contributed by atoms with Crippen molar-refractivity contribution >= 4 is 23.5 Å². The SMILES string of the molecule is CC(C(=O)O)N(C(=O)C1CCN(c2ccc(F)cc2)C1=O)C1CC1. The highest BCUT2D eigenvalue weighted by Crippen LogP contribution is 2.33. The van der Waals surface area contributed by atoms with Gasteiger partial charge in [-0.25, -0.2) is 9.18 Å². The first-order valence-electron chi connectivity index (χ1n) is 8.02. The number of nitrogens with zero attached hydrogens (tertiary/aromatic N) is 2. The van der Waals surface area contributed by atoms with Gasteiger partial charge in [-0.1, -0.05) is 0 Å². The van der Waals surface area contributed by atoms with Crippen LogP contribution in [0.15, 0.2) is 24.3 Å². The minimum atomic E-state index is -1.07. The van der Waals surface area contributed by atoms with Crippen LogP contribution in [0.25, 0.3) is 0 Å². The number of halogens is 1. The zero-order chi connectivity index (χ0) is 17.4. The quantitative estimate of drug-likeness (QED) is 0.831. The third-order valence-electron chi connectivity index (χ3n) is 4.61. The van der Waals surface area contributed by atoms with Crippen molar-refractivity contribution < 1.29 is 23.9 Å². The number of carboxylic acid groups (broad SMARTS) is 1. The third-order valence-corrected chi connectivity index (χ3v) is 4.61. The number of benzene rings is 1. The molecule has 1 heterocycles. The van der Waals surface area contributed by atoms with Gasteiger partial charge in [0.25, 0.3) is 0 Å². The van der Waals surface area contributed by atoms with Gasteiger partial charge in [-0.05, 0) is 50.5 Å². The molecule has 6 nitrogen and oxygen atoms in total. The van der Waals surface area contributed by atoms with Gasteiger partial charge in [-0.3, -0.25) is 9.59 Å². The van der Waals surface area contributed by atoms with Crippen molar-refractivity contribution in [2.75, 3.05) is 11.4 Å². The number of carboxylic acids is 1. The van der Waals surface area contributed by atoms with E-state index in [0.29, 0.717) is 18.7 Å². The second-order valence-electron chi connectivity index (χ2n) is 6.30. The average molecular weight is 334 g/mol. The van der Waals surface area contributed by atoms with E-state index in [1.165, 1.54) is 41.0 Å². The lowest BCUT2D eigenvalue weighted by Crippen LogP contribution is -2.48. The molecule has 0 radical (unpaired) electrons. The van der Waals surface area contributed by atoms with Gasteiger partial charge in [0.1, 0.15) is 17.8 Å². The van der Waals surface area contributed by atoms with Crippen LogP contribution in [0.5, 0.6) is 0 Å². The highest BCUT2D eigenvalue weighted by Gasteiger charge is 2.46. The van der Waals surface area contributed by atoms with Gasteiger partial charge in [-0.2, -0.15) is 0 Å². The lowest BCUT2D eigenvalue weighted by molar-refractivity contribution is -0.153. The first-order chi connectivity index (χ1) is 11.4. The van der Waals surface area contributed by atoms with Crippen molar-refractivity contribution in [3.63, 3.8) is 0 Å². The van der Waals surface area contributed by atoms with Gasteiger partial charge in [-0.15, -0.1) is 0 Å². The van der Waals surface area contributed by atoms with Crippen LogP contribution in [0.2, 0.25) is 0 Å². The van der Waals surface area contributed by atoms with Crippen LogP contribution in [0.1, 0.15) is 26.2 Å². The van der Waals surface area contributed by atoms with E-state index in [-0.39, 0.29) is 11.9 Å². The van der Waals surface area contributed by atoms with E-state index in [1.807, 2.05) is 0 Å². The summed E-state index contributed by atoms with van der Waals surface area (Å²) in [5.41, 5.74) is 0.543. The lowest BCUT2D eigenvalue weighted by Gasteiger charge is -2.28.